The molecule has 0 saturated heterocycles. The minimum Gasteiger partial charge on any atom is -0.444 e. The van der Waals surface area contributed by atoms with Crippen molar-refractivity contribution in [1.29, 1.82) is 0 Å². The van der Waals surface area contributed by atoms with Gasteiger partial charge in [0.05, 0.1) is 0 Å². The van der Waals surface area contributed by atoms with Crippen molar-refractivity contribution in [3.63, 3.8) is 0 Å². The van der Waals surface area contributed by atoms with Crippen LogP contribution in [0.25, 0.3) is 0 Å². The summed E-state index contributed by atoms with van der Waals surface area (Å²) in [6.45, 7) is 2.82. The lowest BCUT2D eigenvalue weighted by molar-refractivity contribution is -0.145. The number of rotatable bonds is 2. The van der Waals surface area contributed by atoms with Crippen LogP contribution >= 0.6 is 34.8 Å². The molecule has 5 heteroatoms. The van der Waals surface area contributed by atoms with Crippen LogP contribution in [0.15, 0.2) is 0 Å². The molecule has 2 nitrogen and oxygen atoms in total. The van der Waals surface area contributed by atoms with Crippen molar-refractivity contribution < 1.29 is 9.53 Å². The average Bonchev–Trinajstić information content (AvgIpc) is 1.60. The summed E-state index contributed by atoms with van der Waals surface area (Å²) in [4.78, 5) is 10.7. The van der Waals surface area contributed by atoms with E-state index in [1.165, 1.54) is 13.8 Å². The number of carbonyl (C=O) groups excluding carboxylic acids is 1. The van der Waals surface area contributed by atoms with Gasteiger partial charge < -0.3 is 4.74 Å². The summed E-state index contributed by atoms with van der Waals surface area (Å²) in [5.74, 6) is -0.738. The summed E-state index contributed by atoms with van der Waals surface area (Å²) >= 11 is 16.0. The van der Waals surface area contributed by atoms with Crippen LogP contribution < -0.4 is 0 Å². The molecule has 0 amide bonds. The van der Waals surface area contributed by atoms with Crippen LogP contribution in [-0.4, -0.2) is 15.9 Å². The van der Waals surface area contributed by atoms with Crippen molar-refractivity contribution in [2.45, 2.75) is 23.7 Å². The fourth-order valence-electron chi connectivity index (χ4n) is 0.251. The molecule has 0 aliphatic rings. The van der Waals surface area contributed by atoms with Gasteiger partial charge in [-0.15, -0.1) is 0 Å². The van der Waals surface area contributed by atoms with Crippen LogP contribution in [0.3, 0.4) is 0 Å². The van der Waals surface area contributed by atoms with Crippen LogP contribution in [0.4, 0.5) is 0 Å². The van der Waals surface area contributed by atoms with Gasteiger partial charge in [-0.1, -0.05) is 34.8 Å². The maximum Gasteiger partial charge on any atom is 0.343 e. The molecule has 0 spiro atoms. The van der Waals surface area contributed by atoms with E-state index in [9.17, 15) is 4.79 Å². The first-order chi connectivity index (χ1) is 4.34. The third-order valence-corrected chi connectivity index (χ3v) is 1.03. The molecule has 0 heterocycles. The zero-order chi connectivity index (χ0) is 8.36. The van der Waals surface area contributed by atoms with E-state index in [4.69, 9.17) is 34.8 Å². The number of carbonyl (C=O) groups is 1. The van der Waals surface area contributed by atoms with Crippen molar-refractivity contribution in [3.05, 3.63) is 0 Å². The monoisotopic (exact) mass is 204 g/mol. The van der Waals surface area contributed by atoms with Gasteiger partial charge in [0.2, 0.25) is 4.33 Å². The molecule has 0 radical (unpaired) electrons. The summed E-state index contributed by atoms with van der Waals surface area (Å²) < 4.78 is 2.97. The van der Waals surface area contributed by atoms with Crippen molar-refractivity contribution in [2.24, 2.45) is 0 Å². The van der Waals surface area contributed by atoms with E-state index in [1.807, 2.05) is 0 Å². The van der Waals surface area contributed by atoms with Crippen LogP contribution in [0.5, 0.6) is 0 Å². The molecule has 0 N–H and O–H groups in total. The summed E-state index contributed by atoms with van der Waals surface area (Å²) in [6.07, 6.45) is 0. The topological polar surface area (TPSA) is 26.3 Å². The summed E-state index contributed by atoms with van der Waals surface area (Å²) in [5.41, 5.74) is -0.704. The smallest absolute Gasteiger partial charge is 0.343 e. The lowest BCUT2D eigenvalue weighted by atomic mass is 10.5. The van der Waals surface area contributed by atoms with Gasteiger partial charge in [0.25, 0.3) is 0 Å². The number of alkyl halides is 3. The molecule has 0 aromatic heterocycles. The normalized spacial score (nSPS) is 14.5. The molecule has 1 atom stereocenters. The van der Waals surface area contributed by atoms with Gasteiger partial charge in [-0.25, -0.2) is 4.79 Å². The van der Waals surface area contributed by atoms with E-state index in [0.29, 0.717) is 0 Å². The van der Waals surface area contributed by atoms with E-state index in [0.717, 1.165) is 0 Å². The molecule has 0 saturated carbocycles. The molecule has 0 fully saturated rings. The number of ether oxygens (including phenoxy) is 1. The average molecular weight is 205 g/mol. The molecule has 0 aromatic rings. The van der Waals surface area contributed by atoms with E-state index in [1.54, 1.807) is 0 Å². The first-order valence-electron chi connectivity index (χ1n) is 2.57. The second kappa shape index (κ2) is 3.65. The SMILES string of the molecule is CC(Cl)OC(=O)C(C)(Cl)Cl. The second-order valence-corrected chi connectivity index (χ2v) is 4.16. The minimum absolute atomic E-state index is 0.704. The molecule has 60 valence electrons. The number of halogens is 3. The van der Waals surface area contributed by atoms with Gasteiger partial charge >= 0.3 is 5.97 Å². The van der Waals surface area contributed by atoms with Crippen LogP contribution in [-0.2, 0) is 9.53 Å². The van der Waals surface area contributed by atoms with E-state index < -0.39 is 15.9 Å². The molecular weight excluding hydrogens is 198 g/mol. The molecule has 0 aromatic carbocycles. The van der Waals surface area contributed by atoms with Crippen molar-refractivity contribution in [2.75, 3.05) is 0 Å². The Morgan fingerprint density at radius 2 is 2.00 bits per heavy atom. The number of hydrogen-bond donors (Lipinski definition) is 0. The largest absolute Gasteiger partial charge is 0.444 e. The standard InChI is InChI=1S/C5H7Cl3O2/c1-3(6)10-4(9)5(2,7)8/h3H,1-2H3. The molecule has 0 rings (SSSR count). The minimum atomic E-state index is -1.51. The summed E-state index contributed by atoms with van der Waals surface area (Å²) in [7, 11) is 0. The Kier molecular flexibility index (Phi) is 3.77. The quantitative estimate of drug-likeness (QED) is 0.511. The Labute approximate surface area is 74.4 Å². The second-order valence-electron chi connectivity index (χ2n) is 1.84. The predicted molar refractivity (Wildman–Crippen MR) is 41.5 cm³/mol. The van der Waals surface area contributed by atoms with E-state index in [2.05, 4.69) is 4.74 Å². The maximum atomic E-state index is 10.7. The highest BCUT2D eigenvalue weighted by Gasteiger charge is 2.30. The molecule has 10 heavy (non-hydrogen) atoms. The highest BCUT2D eigenvalue weighted by molar-refractivity contribution is 6.57. The Morgan fingerprint density at radius 1 is 1.60 bits per heavy atom. The van der Waals surface area contributed by atoms with Crippen LogP contribution in [0, 0.1) is 0 Å². The fraction of sp³-hybridized carbons (Fsp3) is 0.800. The predicted octanol–water partition coefficient (Wildman–Crippen LogP) is 2.31. The Morgan fingerprint density at radius 3 is 2.10 bits per heavy atom. The highest BCUT2D eigenvalue weighted by Crippen LogP contribution is 2.22. The number of esters is 1. The molecule has 1 unspecified atom stereocenters. The summed E-state index contributed by atoms with van der Waals surface area (Å²) in [6, 6.07) is 0. The fourth-order valence-corrected chi connectivity index (χ4v) is 0.421. The Bertz CT molecular complexity index is 127. The van der Waals surface area contributed by atoms with Crippen molar-refractivity contribution >= 4 is 40.8 Å². The van der Waals surface area contributed by atoms with Crippen molar-refractivity contribution in [3.8, 4) is 0 Å². The first-order valence-corrected chi connectivity index (χ1v) is 3.76. The third kappa shape index (κ3) is 4.20. The van der Waals surface area contributed by atoms with Gasteiger partial charge in [-0.2, -0.15) is 0 Å². The third-order valence-electron chi connectivity index (χ3n) is 0.628. The zero-order valence-electron chi connectivity index (χ0n) is 5.53. The Hall–Kier alpha value is 0.340. The van der Waals surface area contributed by atoms with E-state index in [-0.39, 0.29) is 0 Å². The molecule has 0 bridgehead atoms. The van der Waals surface area contributed by atoms with Gasteiger partial charge in [0.15, 0.2) is 5.56 Å². The maximum absolute atomic E-state index is 10.7. The number of hydrogen-bond acceptors (Lipinski definition) is 2. The highest BCUT2D eigenvalue weighted by atomic mass is 35.5. The van der Waals surface area contributed by atoms with Gasteiger partial charge in [0, 0.05) is 0 Å². The van der Waals surface area contributed by atoms with Gasteiger partial charge in [-0.3, -0.25) is 0 Å². The zero-order valence-corrected chi connectivity index (χ0v) is 7.80. The lowest BCUT2D eigenvalue weighted by Gasteiger charge is -2.13. The van der Waals surface area contributed by atoms with Gasteiger partial charge in [0.1, 0.15) is 0 Å². The van der Waals surface area contributed by atoms with Gasteiger partial charge in [-0.05, 0) is 13.8 Å². The first kappa shape index (κ1) is 10.3. The Balaban J connectivity index is 3.87. The van der Waals surface area contributed by atoms with Crippen LogP contribution in [0.2, 0.25) is 0 Å². The molecule has 0 aliphatic carbocycles. The van der Waals surface area contributed by atoms with Crippen LogP contribution in [0.1, 0.15) is 13.8 Å². The van der Waals surface area contributed by atoms with Crippen molar-refractivity contribution in [1.82, 2.24) is 0 Å². The molecule has 0 aliphatic heterocycles. The lowest BCUT2D eigenvalue weighted by Crippen LogP contribution is -2.26. The summed E-state index contributed by atoms with van der Waals surface area (Å²) in [5, 5.41) is 0. The molecular formula is C5H7Cl3O2. The van der Waals surface area contributed by atoms with E-state index >= 15 is 0 Å².